The van der Waals surface area contributed by atoms with Gasteiger partial charge in [0.1, 0.15) is 0 Å². The Labute approximate surface area is 142 Å². The Hall–Kier alpha value is -0.100. The van der Waals surface area contributed by atoms with Crippen LogP contribution in [0.4, 0.5) is 0 Å². The van der Waals surface area contributed by atoms with E-state index in [0.29, 0.717) is 5.41 Å². The molecule has 1 heterocycles. The Morgan fingerprint density at radius 2 is 1.80 bits per heavy atom. The third kappa shape index (κ3) is 2.91. The number of nitrogens with zero attached hydrogens (tertiary/aromatic N) is 1. The first kappa shape index (κ1) is 14.8. The van der Waals surface area contributed by atoms with Crippen molar-refractivity contribution in [2.75, 3.05) is 13.1 Å². The van der Waals surface area contributed by atoms with Crippen LogP contribution < -0.4 is 0 Å². The molecule has 2 aliphatic rings. The lowest BCUT2D eigenvalue weighted by Crippen LogP contribution is -2.42. The number of carbonyl (C=O) groups is 1. The molecule has 1 saturated heterocycles. The summed E-state index contributed by atoms with van der Waals surface area (Å²) in [5.41, 5.74) is 1.37. The Balaban J connectivity index is 1.71. The minimum Gasteiger partial charge on any atom is -0.339 e. The first-order valence-electron chi connectivity index (χ1n) is 7.34. The number of rotatable bonds is 1. The van der Waals surface area contributed by atoms with Crippen molar-refractivity contribution in [3.05, 3.63) is 31.8 Å². The SMILES string of the molecule is O=C(c1cc(I)ccc1Br)N1CCC2(CCCC2)CC1. The van der Waals surface area contributed by atoms with Gasteiger partial charge in [0.25, 0.3) is 5.91 Å². The van der Waals surface area contributed by atoms with Gasteiger partial charge in [-0.3, -0.25) is 4.79 Å². The van der Waals surface area contributed by atoms with Gasteiger partial charge in [0.2, 0.25) is 0 Å². The first-order chi connectivity index (χ1) is 9.60. The summed E-state index contributed by atoms with van der Waals surface area (Å²) in [6, 6.07) is 5.97. The van der Waals surface area contributed by atoms with Crippen LogP contribution in [0.15, 0.2) is 22.7 Å². The molecule has 3 rings (SSSR count). The minimum absolute atomic E-state index is 0.184. The number of halogens is 2. The molecule has 1 aliphatic carbocycles. The molecule has 1 spiro atoms. The number of carbonyl (C=O) groups excluding carboxylic acids is 1. The molecule has 0 aromatic heterocycles. The molecule has 1 aromatic rings. The Kier molecular flexibility index (Phi) is 4.41. The summed E-state index contributed by atoms with van der Waals surface area (Å²) >= 11 is 5.77. The van der Waals surface area contributed by atoms with Gasteiger partial charge in [-0.25, -0.2) is 0 Å². The highest BCUT2D eigenvalue weighted by Gasteiger charge is 2.38. The fraction of sp³-hybridized carbons (Fsp3) is 0.562. The van der Waals surface area contributed by atoms with Crippen molar-refractivity contribution in [3.63, 3.8) is 0 Å². The van der Waals surface area contributed by atoms with Gasteiger partial charge in [0.05, 0.1) is 5.56 Å². The molecule has 0 atom stereocenters. The second-order valence-corrected chi connectivity index (χ2v) is 8.22. The molecule has 2 nitrogen and oxygen atoms in total. The third-order valence-corrected chi connectivity index (χ3v) is 6.30. The molecule has 2 fully saturated rings. The van der Waals surface area contributed by atoms with E-state index in [1.54, 1.807) is 0 Å². The molecule has 0 N–H and O–H groups in total. The highest BCUT2D eigenvalue weighted by molar-refractivity contribution is 14.1. The highest BCUT2D eigenvalue weighted by Crippen LogP contribution is 2.46. The lowest BCUT2D eigenvalue weighted by Gasteiger charge is -2.39. The molecule has 0 radical (unpaired) electrons. The van der Waals surface area contributed by atoms with Crippen molar-refractivity contribution in [3.8, 4) is 0 Å². The van der Waals surface area contributed by atoms with Gasteiger partial charge >= 0.3 is 0 Å². The molecule has 1 saturated carbocycles. The number of hydrogen-bond acceptors (Lipinski definition) is 1. The van der Waals surface area contributed by atoms with Gasteiger partial charge in [-0.2, -0.15) is 0 Å². The summed E-state index contributed by atoms with van der Waals surface area (Å²) in [5.74, 6) is 0.184. The fourth-order valence-electron chi connectivity index (χ4n) is 3.64. The van der Waals surface area contributed by atoms with Crippen molar-refractivity contribution in [2.45, 2.75) is 38.5 Å². The van der Waals surface area contributed by atoms with Crippen LogP contribution >= 0.6 is 38.5 Å². The molecule has 0 bridgehead atoms. The van der Waals surface area contributed by atoms with Gasteiger partial charge in [-0.1, -0.05) is 12.8 Å². The molecule has 20 heavy (non-hydrogen) atoms. The molecule has 1 aliphatic heterocycles. The van der Waals surface area contributed by atoms with Crippen molar-refractivity contribution in [1.82, 2.24) is 4.90 Å². The highest BCUT2D eigenvalue weighted by atomic mass is 127. The second kappa shape index (κ2) is 5.95. The normalized spacial score (nSPS) is 21.4. The summed E-state index contributed by atoms with van der Waals surface area (Å²) in [5, 5.41) is 0. The van der Waals surface area contributed by atoms with Gasteiger partial charge < -0.3 is 4.90 Å². The summed E-state index contributed by atoms with van der Waals surface area (Å²) < 4.78 is 2.02. The van der Waals surface area contributed by atoms with E-state index in [-0.39, 0.29) is 5.91 Å². The smallest absolute Gasteiger partial charge is 0.255 e. The van der Waals surface area contributed by atoms with Crippen molar-refractivity contribution >= 4 is 44.4 Å². The average molecular weight is 448 g/mol. The van der Waals surface area contributed by atoms with E-state index in [9.17, 15) is 4.79 Å². The first-order valence-corrected chi connectivity index (χ1v) is 9.21. The number of hydrogen-bond donors (Lipinski definition) is 0. The fourth-order valence-corrected chi connectivity index (χ4v) is 4.55. The molecule has 1 aromatic carbocycles. The maximum absolute atomic E-state index is 12.7. The molecular formula is C16H19BrINO. The van der Waals surface area contributed by atoms with Crippen molar-refractivity contribution in [1.29, 1.82) is 0 Å². The minimum atomic E-state index is 0.184. The largest absolute Gasteiger partial charge is 0.339 e. The second-order valence-electron chi connectivity index (χ2n) is 6.12. The third-order valence-electron chi connectivity index (χ3n) is 4.93. The zero-order valence-electron chi connectivity index (χ0n) is 11.5. The van der Waals surface area contributed by atoms with Crippen LogP contribution in [0.2, 0.25) is 0 Å². The van der Waals surface area contributed by atoms with E-state index in [1.807, 2.05) is 23.1 Å². The zero-order valence-corrected chi connectivity index (χ0v) is 15.2. The lowest BCUT2D eigenvalue weighted by atomic mass is 9.77. The summed E-state index contributed by atoms with van der Waals surface area (Å²) in [4.78, 5) is 14.7. The molecular weight excluding hydrogens is 429 g/mol. The van der Waals surface area contributed by atoms with Crippen LogP contribution in [-0.2, 0) is 0 Å². The van der Waals surface area contributed by atoms with E-state index >= 15 is 0 Å². The Morgan fingerprint density at radius 3 is 2.45 bits per heavy atom. The lowest BCUT2D eigenvalue weighted by molar-refractivity contribution is 0.0586. The maximum atomic E-state index is 12.7. The van der Waals surface area contributed by atoms with Gasteiger partial charge in [-0.05, 0) is 87.8 Å². The van der Waals surface area contributed by atoms with E-state index in [0.717, 1.165) is 26.7 Å². The molecule has 108 valence electrons. The predicted octanol–water partition coefficient (Wildman–Crippen LogP) is 4.85. The number of likely N-dealkylation sites (tertiary alicyclic amines) is 1. The molecule has 1 amide bonds. The van der Waals surface area contributed by atoms with Gasteiger partial charge in [0, 0.05) is 21.1 Å². The van der Waals surface area contributed by atoms with Crippen LogP contribution in [0.5, 0.6) is 0 Å². The van der Waals surface area contributed by atoms with Crippen LogP contribution in [-0.4, -0.2) is 23.9 Å². The van der Waals surface area contributed by atoms with E-state index in [1.165, 1.54) is 38.5 Å². The number of amides is 1. The summed E-state index contributed by atoms with van der Waals surface area (Å²) in [6.45, 7) is 1.85. The Morgan fingerprint density at radius 1 is 1.15 bits per heavy atom. The average Bonchev–Trinajstić information content (AvgIpc) is 2.90. The number of benzene rings is 1. The topological polar surface area (TPSA) is 20.3 Å². The standard InChI is InChI=1S/C16H19BrINO/c17-14-4-3-12(18)11-13(14)15(20)19-9-7-16(8-10-19)5-1-2-6-16/h3-4,11H,1-2,5-10H2. The van der Waals surface area contributed by atoms with Crippen molar-refractivity contribution in [2.24, 2.45) is 5.41 Å². The summed E-state index contributed by atoms with van der Waals surface area (Å²) in [7, 11) is 0. The maximum Gasteiger partial charge on any atom is 0.255 e. The zero-order chi connectivity index (χ0) is 14.2. The molecule has 0 unspecified atom stereocenters. The van der Waals surface area contributed by atoms with Crippen LogP contribution in [0.25, 0.3) is 0 Å². The van der Waals surface area contributed by atoms with Gasteiger partial charge in [0.15, 0.2) is 0 Å². The Bertz CT molecular complexity index is 515. The van der Waals surface area contributed by atoms with E-state index < -0.39 is 0 Å². The van der Waals surface area contributed by atoms with Crippen molar-refractivity contribution < 1.29 is 4.79 Å². The summed E-state index contributed by atoms with van der Waals surface area (Å²) in [6.07, 6.45) is 7.91. The van der Waals surface area contributed by atoms with Crippen LogP contribution in [0, 0.1) is 8.99 Å². The molecule has 4 heteroatoms. The monoisotopic (exact) mass is 447 g/mol. The van der Waals surface area contributed by atoms with Gasteiger partial charge in [-0.15, -0.1) is 0 Å². The van der Waals surface area contributed by atoms with Crippen LogP contribution in [0.1, 0.15) is 48.9 Å². The predicted molar refractivity (Wildman–Crippen MR) is 92.9 cm³/mol. The van der Waals surface area contributed by atoms with E-state index in [2.05, 4.69) is 38.5 Å². The van der Waals surface area contributed by atoms with Crippen LogP contribution in [0.3, 0.4) is 0 Å². The quantitative estimate of drug-likeness (QED) is 0.563. The van der Waals surface area contributed by atoms with E-state index in [4.69, 9.17) is 0 Å². The number of piperidine rings is 1.